The average molecular weight is 272 g/mol. The maximum absolute atomic E-state index is 12.7. The summed E-state index contributed by atoms with van der Waals surface area (Å²) in [6.07, 6.45) is 0. The van der Waals surface area contributed by atoms with E-state index in [0.717, 1.165) is 16.8 Å². The minimum Gasteiger partial charge on any atom is -0.496 e. The van der Waals surface area contributed by atoms with Crippen LogP contribution in [0.2, 0.25) is 0 Å². The summed E-state index contributed by atoms with van der Waals surface area (Å²) in [6, 6.07) is 5.59. The number of ether oxygens (including phenoxy) is 1. The molecule has 0 spiro atoms. The van der Waals surface area contributed by atoms with Crippen LogP contribution >= 0.6 is 0 Å². The largest absolute Gasteiger partial charge is 0.496 e. The highest BCUT2D eigenvalue weighted by Gasteiger charge is 2.20. The van der Waals surface area contributed by atoms with Gasteiger partial charge in [0.15, 0.2) is 0 Å². The van der Waals surface area contributed by atoms with Crippen LogP contribution in [0.3, 0.4) is 0 Å². The number of aryl methyl sites for hydroxylation is 3. The van der Waals surface area contributed by atoms with Gasteiger partial charge in [-0.3, -0.25) is 9.48 Å². The lowest BCUT2D eigenvalue weighted by Crippen LogP contribution is -2.12. The predicted octanol–water partition coefficient (Wildman–Crippen LogP) is 3.07. The van der Waals surface area contributed by atoms with Crippen molar-refractivity contribution >= 4 is 5.78 Å². The van der Waals surface area contributed by atoms with E-state index in [1.807, 2.05) is 45.9 Å². The molecule has 0 amide bonds. The van der Waals surface area contributed by atoms with Gasteiger partial charge in [0.2, 0.25) is 5.78 Å². The van der Waals surface area contributed by atoms with Crippen LogP contribution < -0.4 is 4.74 Å². The summed E-state index contributed by atoms with van der Waals surface area (Å²) < 4.78 is 7.16. The first-order valence-corrected chi connectivity index (χ1v) is 6.73. The molecule has 4 nitrogen and oxygen atoms in total. The monoisotopic (exact) mass is 272 g/mol. The Morgan fingerprint density at radius 2 is 2.00 bits per heavy atom. The van der Waals surface area contributed by atoms with Crippen molar-refractivity contribution < 1.29 is 9.53 Å². The van der Waals surface area contributed by atoms with Gasteiger partial charge in [-0.25, -0.2) is 0 Å². The van der Waals surface area contributed by atoms with Crippen LogP contribution in [0.25, 0.3) is 0 Å². The first-order valence-electron chi connectivity index (χ1n) is 6.73. The zero-order valence-corrected chi connectivity index (χ0v) is 12.7. The van der Waals surface area contributed by atoms with Crippen LogP contribution in [-0.4, -0.2) is 22.7 Å². The van der Waals surface area contributed by atoms with E-state index in [9.17, 15) is 4.79 Å². The van der Waals surface area contributed by atoms with Crippen molar-refractivity contribution in [3.05, 3.63) is 46.3 Å². The molecule has 0 fully saturated rings. The van der Waals surface area contributed by atoms with Crippen molar-refractivity contribution in [3.63, 3.8) is 0 Å². The maximum atomic E-state index is 12.7. The van der Waals surface area contributed by atoms with Gasteiger partial charge in [0.25, 0.3) is 0 Å². The molecular formula is C16H20N2O2. The second-order valence-corrected chi connectivity index (χ2v) is 4.90. The van der Waals surface area contributed by atoms with E-state index >= 15 is 0 Å². The molecule has 0 aliphatic rings. The minimum absolute atomic E-state index is 0.0487. The number of hydrogen-bond donors (Lipinski definition) is 0. The molecule has 0 saturated carbocycles. The number of nitrogens with zero attached hydrogens (tertiary/aromatic N) is 2. The lowest BCUT2D eigenvalue weighted by atomic mass is 10.00. The van der Waals surface area contributed by atoms with Gasteiger partial charge in [-0.1, -0.05) is 6.07 Å². The molecular weight excluding hydrogens is 252 g/mol. The summed E-state index contributed by atoms with van der Waals surface area (Å²) in [6.45, 7) is 8.50. The zero-order valence-electron chi connectivity index (χ0n) is 12.7. The lowest BCUT2D eigenvalue weighted by molar-refractivity contribution is 0.102. The van der Waals surface area contributed by atoms with Gasteiger partial charge in [-0.15, -0.1) is 0 Å². The Morgan fingerprint density at radius 1 is 1.30 bits per heavy atom. The molecule has 0 bridgehead atoms. The Morgan fingerprint density at radius 3 is 2.60 bits per heavy atom. The van der Waals surface area contributed by atoms with Gasteiger partial charge in [0.05, 0.1) is 18.4 Å². The van der Waals surface area contributed by atoms with E-state index in [1.165, 1.54) is 0 Å². The van der Waals surface area contributed by atoms with Gasteiger partial charge in [0, 0.05) is 6.54 Å². The van der Waals surface area contributed by atoms with E-state index in [1.54, 1.807) is 11.8 Å². The predicted molar refractivity (Wildman–Crippen MR) is 78.5 cm³/mol. The SMILES string of the molecule is CCn1nc(C)cc1C(=O)c1ccc(C)c(C)c1OC. The van der Waals surface area contributed by atoms with Gasteiger partial charge in [0.1, 0.15) is 11.4 Å². The number of rotatable bonds is 4. The lowest BCUT2D eigenvalue weighted by Gasteiger charge is -2.13. The molecule has 0 aliphatic carbocycles. The van der Waals surface area contributed by atoms with E-state index in [4.69, 9.17) is 4.74 Å². The van der Waals surface area contributed by atoms with Crippen molar-refractivity contribution in [2.75, 3.05) is 7.11 Å². The molecule has 0 radical (unpaired) electrons. The smallest absolute Gasteiger partial charge is 0.214 e. The van der Waals surface area contributed by atoms with E-state index in [-0.39, 0.29) is 5.78 Å². The maximum Gasteiger partial charge on any atom is 0.214 e. The third-order valence-corrected chi connectivity index (χ3v) is 3.56. The van der Waals surface area contributed by atoms with Crippen LogP contribution in [0.1, 0.15) is 39.8 Å². The highest BCUT2D eigenvalue weighted by atomic mass is 16.5. The van der Waals surface area contributed by atoms with Crippen LogP contribution in [0, 0.1) is 20.8 Å². The number of carbonyl (C=O) groups is 1. The normalized spacial score (nSPS) is 10.7. The van der Waals surface area contributed by atoms with Gasteiger partial charge >= 0.3 is 0 Å². The molecule has 1 aromatic carbocycles. The quantitative estimate of drug-likeness (QED) is 0.803. The molecule has 1 heterocycles. The van der Waals surface area contributed by atoms with Crippen molar-refractivity contribution in [2.24, 2.45) is 0 Å². The topological polar surface area (TPSA) is 44.1 Å². The van der Waals surface area contributed by atoms with Crippen LogP contribution in [-0.2, 0) is 6.54 Å². The van der Waals surface area contributed by atoms with E-state index in [0.29, 0.717) is 23.6 Å². The second kappa shape index (κ2) is 5.49. The van der Waals surface area contributed by atoms with Crippen molar-refractivity contribution in [3.8, 4) is 5.75 Å². The fourth-order valence-corrected chi connectivity index (χ4v) is 2.34. The Bertz CT molecular complexity index is 657. The fraction of sp³-hybridized carbons (Fsp3) is 0.375. The number of ketones is 1. The van der Waals surface area contributed by atoms with Gasteiger partial charge in [-0.2, -0.15) is 5.10 Å². The summed E-state index contributed by atoms with van der Waals surface area (Å²) in [4.78, 5) is 12.7. The van der Waals surface area contributed by atoms with Crippen LogP contribution in [0.5, 0.6) is 5.75 Å². The summed E-state index contributed by atoms with van der Waals surface area (Å²) >= 11 is 0. The molecule has 20 heavy (non-hydrogen) atoms. The Labute approximate surface area is 119 Å². The number of aromatic nitrogens is 2. The molecule has 2 aromatic rings. The summed E-state index contributed by atoms with van der Waals surface area (Å²) in [5.41, 5.74) is 4.14. The fourth-order valence-electron chi connectivity index (χ4n) is 2.34. The molecule has 1 aromatic heterocycles. The number of methoxy groups -OCH3 is 1. The Balaban J connectivity index is 2.56. The summed E-state index contributed by atoms with van der Waals surface area (Å²) in [5.74, 6) is 0.601. The number of hydrogen-bond acceptors (Lipinski definition) is 3. The summed E-state index contributed by atoms with van der Waals surface area (Å²) in [5, 5.41) is 4.33. The standard InChI is InChI=1S/C16H20N2O2/c1-6-18-14(9-11(3)17-18)15(19)13-8-7-10(2)12(4)16(13)20-5/h7-9H,6H2,1-5H3. The molecule has 0 N–H and O–H groups in total. The molecule has 0 unspecified atom stereocenters. The summed E-state index contributed by atoms with van der Waals surface area (Å²) in [7, 11) is 1.60. The van der Waals surface area contributed by atoms with E-state index in [2.05, 4.69) is 5.10 Å². The highest BCUT2D eigenvalue weighted by molar-refractivity contribution is 6.10. The third kappa shape index (κ3) is 2.33. The minimum atomic E-state index is -0.0487. The Kier molecular flexibility index (Phi) is 3.93. The van der Waals surface area contributed by atoms with Crippen molar-refractivity contribution in [1.82, 2.24) is 9.78 Å². The highest BCUT2D eigenvalue weighted by Crippen LogP contribution is 2.28. The molecule has 106 valence electrons. The van der Waals surface area contributed by atoms with Gasteiger partial charge < -0.3 is 4.74 Å². The first-order chi connectivity index (χ1) is 9.49. The molecule has 0 saturated heterocycles. The van der Waals surface area contributed by atoms with Gasteiger partial charge in [-0.05, 0) is 51.0 Å². The van der Waals surface area contributed by atoms with Crippen molar-refractivity contribution in [1.29, 1.82) is 0 Å². The average Bonchev–Trinajstić information content (AvgIpc) is 2.82. The first kappa shape index (κ1) is 14.3. The van der Waals surface area contributed by atoms with E-state index < -0.39 is 0 Å². The Hall–Kier alpha value is -2.10. The van der Waals surface area contributed by atoms with Crippen LogP contribution in [0.15, 0.2) is 18.2 Å². The van der Waals surface area contributed by atoms with Crippen LogP contribution in [0.4, 0.5) is 0 Å². The number of benzene rings is 1. The molecule has 2 rings (SSSR count). The molecule has 0 aliphatic heterocycles. The number of carbonyl (C=O) groups excluding carboxylic acids is 1. The third-order valence-electron chi connectivity index (χ3n) is 3.56. The molecule has 0 atom stereocenters. The molecule has 4 heteroatoms. The van der Waals surface area contributed by atoms with Crippen molar-refractivity contribution in [2.45, 2.75) is 34.2 Å². The second-order valence-electron chi connectivity index (χ2n) is 4.90. The zero-order chi connectivity index (χ0) is 14.9.